The number of hydrogen-bond donors (Lipinski definition) is 0. The van der Waals surface area contributed by atoms with Crippen molar-refractivity contribution in [1.82, 2.24) is 4.90 Å². The van der Waals surface area contributed by atoms with Crippen molar-refractivity contribution in [2.24, 2.45) is 0 Å². The summed E-state index contributed by atoms with van der Waals surface area (Å²) in [6, 6.07) is 22.1. The van der Waals surface area contributed by atoms with Gasteiger partial charge in [0, 0.05) is 17.3 Å². The lowest BCUT2D eigenvalue weighted by atomic mass is 10.0. The number of para-hydroxylation sites is 1. The van der Waals surface area contributed by atoms with Crippen molar-refractivity contribution < 1.29 is 14.4 Å². The predicted octanol–water partition coefficient (Wildman–Crippen LogP) is 4.07. The van der Waals surface area contributed by atoms with Gasteiger partial charge in [-0.15, -0.1) is 0 Å². The third-order valence-corrected chi connectivity index (χ3v) is 5.83. The average Bonchev–Trinajstić information content (AvgIpc) is 3.22. The second kappa shape index (κ2) is 6.95. The van der Waals surface area contributed by atoms with Crippen LogP contribution in [0.3, 0.4) is 0 Å². The van der Waals surface area contributed by atoms with Gasteiger partial charge in [0.25, 0.3) is 17.7 Å². The first-order valence-corrected chi connectivity index (χ1v) is 10.00. The standard InChI is InChI=1S/C25H20N2O3/c1-16-13-18-9-5-6-10-22(18)27(16)23(28)19-11-12-20-21(14-19)25(30)26(24(20)29)15-17-7-3-2-4-8-17/h2-12,14,16H,13,15H2,1H3. The third-order valence-electron chi connectivity index (χ3n) is 5.83. The fourth-order valence-electron chi connectivity index (χ4n) is 4.35. The largest absolute Gasteiger partial charge is 0.305 e. The maximum atomic E-state index is 13.3. The molecule has 3 amide bonds. The second-order valence-corrected chi connectivity index (χ2v) is 7.80. The molecule has 0 fully saturated rings. The van der Waals surface area contributed by atoms with Crippen LogP contribution in [-0.4, -0.2) is 28.7 Å². The van der Waals surface area contributed by atoms with Crippen molar-refractivity contribution in [3.05, 3.63) is 101 Å². The van der Waals surface area contributed by atoms with E-state index >= 15 is 0 Å². The molecule has 0 spiro atoms. The van der Waals surface area contributed by atoms with Crippen LogP contribution < -0.4 is 4.90 Å². The first-order chi connectivity index (χ1) is 14.5. The highest BCUT2D eigenvalue weighted by molar-refractivity contribution is 6.22. The summed E-state index contributed by atoms with van der Waals surface area (Å²) in [5, 5.41) is 0. The Kier molecular flexibility index (Phi) is 4.24. The van der Waals surface area contributed by atoms with E-state index in [1.165, 1.54) is 4.90 Å². The van der Waals surface area contributed by atoms with E-state index in [1.54, 1.807) is 23.1 Å². The van der Waals surface area contributed by atoms with Crippen molar-refractivity contribution in [2.75, 3.05) is 4.90 Å². The molecular formula is C25H20N2O3. The molecule has 0 radical (unpaired) electrons. The number of carbonyl (C=O) groups excluding carboxylic acids is 3. The van der Waals surface area contributed by atoms with Crippen LogP contribution in [0.1, 0.15) is 49.1 Å². The zero-order chi connectivity index (χ0) is 20.8. The summed E-state index contributed by atoms with van der Waals surface area (Å²) in [5.41, 5.74) is 3.98. The van der Waals surface area contributed by atoms with Gasteiger partial charge < -0.3 is 4.90 Å². The van der Waals surface area contributed by atoms with Gasteiger partial charge in [0.15, 0.2) is 0 Å². The molecule has 5 nitrogen and oxygen atoms in total. The molecule has 5 heteroatoms. The molecule has 3 aromatic carbocycles. The molecule has 0 bridgehead atoms. The molecule has 0 saturated heterocycles. The Morgan fingerprint density at radius 2 is 1.60 bits per heavy atom. The number of rotatable bonds is 3. The lowest BCUT2D eigenvalue weighted by Gasteiger charge is -2.23. The summed E-state index contributed by atoms with van der Waals surface area (Å²) in [6.45, 7) is 2.23. The van der Waals surface area contributed by atoms with E-state index < -0.39 is 0 Å². The Labute approximate surface area is 174 Å². The van der Waals surface area contributed by atoms with Gasteiger partial charge in [-0.3, -0.25) is 19.3 Å². The minimum atomic E-state index is -0.358. The Morgan fingerprint density at radius 1 is 0.900 bits per heavy atom. The fourth-order valence-corrected chi connectivity index (χ4v) is 4.35. The minimum absolute atomic E-state index is 0.0371. The SMILES string of the molecule is CC1Cc2ccccc2N1C(=O)c1ccc2c(c1)C(=O)N(Cc1ccccc1)C2=O. The molecular weight excluding hydrogens is 376 g/mol. The minimum Gasteiger partial charge on any atom is -0.305 e. The summed E-state index contributed by atoms with van der Waals surface area (Å²) >= 11 is 0. The quantitative estimate of drug-likeness (QED) is 0.627. The smallest absolute Gasteiger partial charge is 0.261 e. The molecule has 2 aliphatic rings. The van der Waals surface area contributed by atoms with Crippen molar-refractivity contribution in [2.45, 2.75) is 25.9 Å². The van der Waals surface area contributed by atoms with E-state index in [2.05, 4.69) is 0 Å². The lowest BCUT2D eigenvalue weighted by Crippen LogP contribution is -2.35. The zero-order valence-corrected chi connectivity index (χ0v) is 16.5. The summed E-state index contributed by atoms with van der Waals surface area (Å²) < 4.78 is 0. The zero-order valence-electron chi connectivity index (χ0n) is 16.5. The van der Waals surface area contributed by atoms with E-state index in [4.69, 9.17) is 0 Å². The number of fused-ring (bicyclic) bond motifs is 2. The first-order valence-electron chi connectivity index (χ1n) is 10.00. The van der Waals surface area contributed by atoms with Gasteiger partial charge in [-0.2, -0.15) is 0 Å². The maximum Gasteiger partial charge on any atom is 0.261 e. The summed E-state index contributed by atoms with van der Waals surface area (Å²) in [6.07, 6.45) is 0.801. The summed E-state index contributed by atoms with van der Waals surface area (Å²) in [5.74, 6) is -0.835. The third kappa shape index (κ3) is 2.82. The number of hydrogen-bond acceptors (Lipinski definition) is 3. The predicted molar refractivity (Wildman–Crippen MR) is 114 cm³/mol. The van der Waals surface area contributed by atoms with Crippen LogP contribution in [0.15, 0.2) is 72.8 Å². The normalized spacial score (nSPS) is 17.3. The molecule has 0 N–H and O–H groups in total. The topological polar surface area (TPSA) is 57.7 Å². The van der Waals surface area contributed by atoms with Crippen molar-refractivity contribution in [1.29, 1.82) is 0 Å². The first kappa shape index (κ1) is 18.3. The highest BCUT2D eigenvalue weighted by Crippen LogP contribution is 2.34. The number of carbonyl (C=O) groups is 3. The molecule has 1 atom stereocenters. The molecule has 148 valence electrons. The highest BCUT2D eigenvalue weighted by Gasteiger charge is 2.37. The Hall–Kier alpha value is -3.73. The lowest BCUT2D eigenvalue weighted by molar-refractivity contribution is 0.0642. The molecule has 0 aliphatic carbocycles. The molecule has 0 saturated carbocycles. The van der Waals surface area contributed by atoms with E-state index in [0.717, 1.165) is 23.2 Å². The second-order valence-electron chi connectivity index (χ2n) is 7.80. The van der Waals surface area contributed by atoms with Gasteiger partial charge in [-0.25, -0.2) is 0 Å². The molecule has 1 unspecified atom stereocenters. The van der Waals surface area contributed by atoms with Crippen LogP contribution in [0.5, 0.6) is 0 Å². The van der Waals surface area contributed by atoms with E-state index in [1.807, 2.05) is 61.5 Å². The highest BCUT2D eigenvalue weighted by atomic mass is 16.2. The number of anilines is 1. The van der Waals surface area contributed by atoms with Crippen molar-refractivity contribution >= 4 is 23.4 Å². The van der Waals surface area contributed by atoms with Gasteiger partial charge in [-0.05, 0) is 48.7 Å². The Morgan fingerprint density at radius 3 is 2.40 bits per heavy atom. The van der Waals surface area contributed by atoms with E-state index in [-0.39, 0.29) is 30.3 Å². The van der Waals surface area contributed by atoms with Gasteiger partial charge in [0.05, 0.1) is 17.7 Å². The van der Waals surface area contributed by atoms with E-state index in [9.17, 15) is 14.4 Å². The molecule has 2 aliphatic heterocycles. The maximum absolute atomic E-state index is 13.3. The van der Waals surface area contributed by atoms with E-state index in [0.29, 0.717) is 16.7 Å². The van der Waals surface area contributed by atoms with Gasteiger partial charge in [0.1, 0.15) is 0 Å². The Balaban J connectivity index is 1.46. The molecule has 3 aromatic rings. The number of amides is 3. The van der Waals surface area contributed by atoms with Crippen LogP contribution in [0.2, 0.25) is 0 Å². The fraction of sp³-hybridized carbons (Fsp3) is 0.160. The van der Waals surface area contributed by atoms with Crippen LogP contribution in [0, 0.1) is 0 Å². The average molecular weight is 396 g/mol. The van der Waals surface area contributed by atoms with Crippen LogP contribution in [0.4, 0.5) is 5.69 Å². The van der Waals surface area contributed by atoms with Crippen LogP contribution >= 0.6 is 0 Å². The van der Waals surface area contributed by atoms with Gasteiger partial charge in [-0.1, -0.05) is 48.5 Å². The van der Waals surface area contributed by atoms with Crippen molar-refractivity contribution in [3.63, 3.8) is 0 Å². The molecule has 5 rings (SSSR count). The number of benzene rings is 3. The van der Waals surface area contributed by atoms with Crippen molar-refractivity contribution in [3.8, 4) is 0 Å². The molecule has 2 heterocycles. The number of imide groups is 1. The van der Waals surface area contributed by atoms with Gasteiger partial charge in [0.2, 0.25) is 0 Å². The summed E-state index contributed by atoms with van der Waals surface area (Å²) in [4.78, 5) is 42.0. The summed E-state index contributed by atoms with van der Waals surface area (Å²) in [7, 11) is 0. The van der Waals surface area contributed by atoms with Gasteiger partial charge >= 0.3 is 0 Å². The number of nitrogens with zero attached hydrogens (tertiary/aromatic N) is 2. The monoisotopic (exact) mass is 396 g/mol. The van der Waals surface area contributed by atoms with Crippen LogP contribution in [0.25, 0.3) is 0 Å². The Bertz CT molecular complexity index is 1190. The molecule has 0 aromatic heterocycles. The van der Waals surface area contributed by atoms with Crippen LogP contribution in [-0.2, 0) is 13.0 Å². The molecule has 30 heavy (non-hydrogen) atoms.